The molecule has 0 aromatic heterocycles. The van der Waals surface area contributed by atoms with Crippen LogP contribution < -0.4 is 0 Å². The summed E-state index contributed by atoms with van der Waals surface area (Å²) in [5.41, 5.74) is 0.329. The van der Waals surface area contributed by atoms with Gasteiger partial charge in [0, 0.05) is 0 Å². The van der Waals surface area contributed by atoms with E-state index in [1.54, 1.807) is 18.2 Å². The fraction of sp³-hybridized carbons (Fsp3) is 0.385. The number of nitrogens with zero attached hydrogens (tertiary/aromatic N) is 1. The monoisotopic (exact) mass is 217 g/mol. The van der Waals surface area contributed by atoms with Gasteiger partial charge in [-0.3, -0.25) is 0 Å². The summed E-state index contributed by atoms with van der Waals surface area (Å²) < 4.78 is 0. The molecule has 0 saturated heterocycles. The van der Waals surface area contributed by atoms with Crippen LogP contribution in [0.2, 0.25) is 0 Å². The summed E-state index contributed by atoms with van der Waals surface area (Å²) in [5, 5.41) is 18.1. The first-order valence-electron chi connectivity index (χ1n) is 5.17. The second-order valence-electron chi connectivity index (χ2n) is 4.35. The smallest absolute Gasteiger partial charge is 0.335 e. The molecule has 16 heavy (non-hydrogen) atoms. The number of rotatable bonds is 3. The summed E-state index contributed by atoms with van der Waals surface area (Å²) in [4.78, 5) is 10.9. The average molecular weight is 217 g/mol. The van der Waals surface area contributed by atoms with E-state index in [2.05, 4.69) is 6.07 Å². The molecule has 0 heterocycles. The van der Waals surface area contributed by atoms with E-state index in [0.717, 1.165) is 5.56 Å². The number of benzene rings is 1. The van der Waals surface area contributed by atoms with Gasteiger partial charge >= 0.3 is 5.97 Å². The molecular formula is C13H15NO2. The van der Waals surface area contributed by atoms with Crippen LogP contribution in [0, 0.1) is 17.2 Å². The minimum atomic E-state index is -0.967. The molecule has 3 nitrogen and oxygen atoms in total. The van der Waals surface area contributed by atoms with E-state index in [1.165, 1.54) is 6.07 Å². The summed E-state index contributed by atoms with van der Waals surface area (Å²) in [5.74, 6) is -0.840. The Bertz CT molecular complexity index is 445. The Kier molecular flexibility index (Phi) is 3.34. The Morgan fingerprint density at radius 1 is 1.50 bits per heavy atom. The molecule has 1 aromatic rings. The first-order chi connectivity index (χ1) is 7.41. The van der Waals surface area contributed by atoms with Gasteiger partial charge in [-0.15, -0.1) is 0 Å². The summed E-state index contributed by atoms with van der Waals surface area (Å²) in [7, 11) is 0. The maximum absolute atomic E-state index is 10.9. The third-order valence-electron chi connectivity index (χ3n) is 3.10. The van der Waals surface area contributed by atoms with Crippen molar-refractivity contribution in [3.05, 3.63) is 35.4 Å². The molecule has 0 aliphatic carbocycles. The van der Waals surface area contributed by atoms with Crippen LogP contribution in [-0.2, 0) is 5.41 Å². The normalized spacial score (nSPS) is 14.2. The molecule has 1 N–H and O–H groups in total. The van der Waals surface area contributed by atoms with Gasteiger partial charge in [-0.05, 0) is 30.5 Å². The summed E-state index contributed by atoms with van der Waals surface area (Å²) >= 11 is 0. The van der Waals surface area contributed by atoms with Crippen molar-refractivity contribution < 1.29 is 9.90 Å². The molecule has 1 atom stereocenters. The van der Waals surface area contributed by atoms with E-state index in [4.69, 9.17) is 5.11 Å². The zero-order chi connectivity index (χ0) is 12.3. The predicted octanol–water partition coefficient (Wildman–Crippen LogP) is 2.82. The number of carbonyl (C=O) groups is 1. The van der Waals surface area contributed by atoms with Crippen molar-refractivity contribution in [2.75, 3.05) is 0 Å². The maximum atomic E-state index is 10.9. The SMILES string of the molecule is CC(C)C(C)(C#N)c1cccc(C(=O)O)c1. The molecule has 0 aliphatic rings. The topological polar surface area (TPSA) is 61.1 Å². The molecule has 0 aliphatic heterocycles. The van der Waals surface area contributed by atoms with Crippen LogP contribution in [0.3, 0.4) is 0 Å². The quantitative estimate of drug-likeness (QED) is 0.846. The second kappa shape index (κ2) is 4.36. The van der Waals surface area contributed by atoms with Gasteiger partial charge in [0.1, 0.15) is 0 Å². The van der Waals surface area contributed by atoms with Gasteiger partial charge in [-0.2, -0.15) is 5.26 Å². The van der Waals surface area contributed by atoms with Crippen LogP contribution in [0.5, 0.6) is 0 Å². The molecule has 0 amide bonds. The lowest BCUT2D eigenvalue weighted by molar-refractivity contribution is 0.0696. The van der Waals surface area contributed by atoms with Crippen molar-refractivity contribution in [2.45, 2.75) is 26.2 Å². The van der Waals surface area contributed by atoms with Crippen LogP contribution in [-0.4, -0.2) is 11.1 Å². The first kappa shape index (κ1) is 12.3. The molecule has 1 rings (SSSR count). The Morgan fingerprint density at radius 3 is 2.56 bits per heavy atom. The lowest BCUT2D eigenvalue weighted by atomic mass is 9.74. The van der Waals surface area contributed by atoms with Crippen molar-refractivity contribution in [3.8, 4) is 6.07 Å². The van der Waals surface area contributed by atoms with Crippen molar-refractivity contribution in [2.24, 2.45) is 5.92 Å². The number of carboxylic acid groups (broad SMARTS) is 1. The molecule has 0 fully saturated rings. The Labute approximate surface area is 95.3 Å². The third-order valence-corrected chi connectivity index (χ3v) is 3.10. The van der Waals surface area contributed by atoms with Crippen LogP contribution in [0.4, 0.5) is 0 Å². The van der Waals surface area contributed by atoms with Gasteiger partial charge in [-0.1, -0.05) is 26.0 Å². The van der Waals surface area contributed by atoms with E-state index in [-0.39, 0.29) is 11.5 Å². The molecule has 1 unspecified atom stereocenters. The fourth-order valence-electron chi connectivity index (χ4n) is 1.50. The van der Waals surface area contributed by atoms with Gasteiger partial charge < -0.3 is 5.11 Å². The van der Waals surface area contributed by atoms with Crippen LogP contribution in [0.15, 0.2) is 24.3 Å². The number of carboxylic acids is 1. The Hall–Kier alpha value is -1.82. The van der Waals surface area contributed by atoms with Crippen LogP contribution in [0.25, 0.3) is 0 Å². The minimum absolute atomic E-state index is 0.126. The molecule has 84 valence electrons. The van der Waals surface area contributed by atoms with Gasteiger partial charge in [-0.25, -0.2) is 4.79 Å². The van der Waals surface area contributed by atoms with Crippen molar-refractivity contribution in [1.29, 1.82) is 5.26 Å². The lowest BCUT2D eigenvalue weighted by Gasteiger charge is -2.26. The van der Waals surface area contributed by atoms with E-state index in [9.17, 15) is 10.1 Å². The summed E-state index contributed by atoms with van der Waals surface area (Å²) in [6.07, 6.45) is 0. The molecule has 0 radical (unpaired) electrons. The summed E-state index contributed by atoms with van der Waals surface area (Å²) in [6.45, 7) is 5.74. The highest BCUT2D eigenvalue weighted by molar-refractivity contribution is 5.87. The predicted molar refractivity (Wildman–Crippen MR) is 61.2 cm³/mol. The van der Waals surface area contributed by atoms with Crippen LogP contribution >= 0.6 is 0 Å². The van der Waals surface area contributed by atoms with Crippen LogP contribution in [0.1, 0.15) is 36.7 Å². The average Bonchev–Trinajstić information content (AvgIpc) is 2.27. The zero-order valence-electron chi connectivity index (χ0n) is 9.69. The highest BCUT2D eigenvalue weighted by atomic mass is 16.4. The molecule has 1 aromatic carbocycles. The summed E-state index contributed by atoms with van der Waals surface area (Å²) in [6, 6.07) is 8.85. The highest BCUT2D eigenvalue weighted by Crippen LogP contribution is 2.31. The van der Waals surface area contributed by atoms with E-state index in [1.807, 2.05) is 20.8 Å². The largest absolute Gasteiger partial charge is 0.478 e. The number of aromatic carboxylic acids is 1. The van der Waals surface area contributed by atoms with Crippen molar-refractivity contribution in [3.63, 3.8) is 0 Å². The van der Waals surface area contributed by atoms with Crippen molar-refractivity contribution >= 4 is 5.97 Å². The van der Waals surface area contributed by atoms with Gasteiger partial charge in [0.15, 0.2) is 0 Å². The van der Waals surface area contributed by atoms with E-state index >= 15 is 0 Å². The third kappa shape index (κ3) is 2.06. The van der Waals surface area contributed by atoms with Gasteiger partial charge in [0.05, 0.1) is 17.0 Å². The van der Waals surface area contributed by atoms with Crippen molar-refractivity contribution in [1.82, 2.24) is 0 Å². The van der Waals surface area contributed by atoms with Gasteiger partial charge in [0.2, 0.25) is 0 Å². The molecule has 0 spiro atoms. The molecule has 3 heteroatoms. The minimum Gasteiger partial charge on any atom is -0.478 e. The molecule has 0 bridgehead atoms. The number of hydrogen-bond donors (Lipinski definition) is 1. The Morgan fingerprint density at radius 2 is 2.12 bits per heavy atom. The van der Waals surface area contributed by atoms with E-state index < -0.39 is 11.4 Å². The Balaban J connectivity index is 3.28. The second-order valence-corrected chi connectivity index (χ2v) is 4.35. The zero-order valence-corrected chi connectivity index (χ0v) is 9.69. The maximum Gasteiger partial charge on any atom is 0.335 e. The van der Waals surface area contributed by atoms with E-state index in [0.29, 0.717) is 0 Å². The standard InChI is InChI=1S/C13H15NO2/c1-9(2)13(3,8-14)11-6-4-5-10(7-11)12(15)16/h4-7,9H,1-3H3,(H,15,16). The number of hydrogen-bond acceptors (Lipinski definition) is 2. The molecular weight excluding hydrogens is 202 g/mol. The lowest BCUT2D eigenvalue weighted by Crippen LogP contribution is -2.26. The molecule has 0 saturated carbocycles. The first-order valence-corrected chi connectivity index (χ1v) is 5.17. The highest BCUT2D eigenvalue weighted by Gasteiger charge is 2.30. The fourth-order valence-corrected chi connectivity index (χ4v) is 1.50. The number of nitriles is 1. The van der Waals surface area contributed by atoms with Gasteiger partial charge in [0.25, 0.3) is 0 Å².